The van der Waals surface area contributed by atoms with Crippen molar-refractivity contribution in [1.29, 1.82) is 0 Å². The lowest BCUT2D eigenvalue weighted by molar-refractivity contribution is 0.00659. The summed E-state index contributed by atoms with van der Waals surface area (Å²) in [4.78, 5) is 0. The van der Waals surface area contributed by atoms with E-state index >= 15 is 0 Å². The summed E-state index contributed by atoms with van der Waals surface area (Å²) in [6.45, 7) is 1.61. The summed E-state index contributed by atoms with van der Waals surface area (Å²) in [6, 6.07) is 2.99. The third-order valence-electron chi connectivity index (χ3n) is 1.49. The van der Waals surface area contributed by atoms with Crippen LogP contribution in [0.5, 0.6) is 0 Å². The standard InChI is InChI=1S/C6H7N2O/c1-2-7-8-6(1)5-3-9-4-5/h2,5H,3-4H2,(H,7,8). The smallest absolute Gasteiger partial charge is 0.0778 e. The van der Waals surface area contributed by atoms with E-state index in [0.29, 0.717) is 5.92 Å². The van der Waals surface area contributed by atoms with Crippen molar-refractivity contribution in [2.24, 2.45) is 0 Å². The van der Waals surface area contributed by atoms with Crippen molar-refractivity contribution >= 4 is 0 Å². The van der Waals surface area contributed by atoms with Gasteiger partial charge in [0.2, 0.25) is 0 Å². The Kier molecular flexibility index (Phi) is 1.02. The summed E-state index contributed by atoms with van der Waals surface area (Å²) in [5, 5.41) is 6.70. The number of hydrogen-bond donors (Lipinski definition) is 1. The molecule has 1 radical (unpaired) electrons. The van der Waals surface area contributed by atoms with Gasteiger partial charge < -0.3 is 4.74 Å². The van der Waals surface area contributed by atoms with Crippen molar-refractivity contribution in [2.45, 2.75) is 5.92 Å². The highest BCUT2D eigenvalue weighted by Gasteiger charge is 2.21. The van der Waals surface area contributed by atoms with E-state index in [2.05, 4.69) is 16.3 Å². The van der Waals surface area contributed by atoms with E-state index in [4.69, 9.17) is 4.74 Å². The van der Waals surface area contributed by atoms with Crippen LogP contribution in [0.25, 0.3) is 0 Å². The van der Waals surface area contributed by atoms with E-state index in [1.54, 1.807) is 6.20 Å². The van der Waals surface area contributed by atoms with Gasteiger partial charge in [0, 0.05) is 12.3 Å². The van der Waals surface area contributed by atoms with Gasteiger partial charge in [-0.05, 0) is 0 Å². The summed E-state index contributed by atoms with van der Waals surface area (Å²) < 4.78 is 4.98. The number of nitrogens with one attached hydrogen (secondary N) is 1. The molecule has 0 aliphatic carbocycles. The molecule has 0 amide bonds. The first-order valence-electron chi connectivity index (χ1n) is 2.96. The first-order chi connectivity index (χ1) is 4.47. The van der Waals surface area contributed by atoms with Crippen LogP contribution < -0.4 is 0 Å². The Morgan fingerprint density at radius 2 is 2.67 bits per heavy atom. The van der Waals surface area contributed by atoms with Crippen LogP contribution in [0.4, 0.5) is 0 Å². The average Bonchev–Trinajstić information content (AvgIpc) is 2.11. The van der Waals surface area contributed by atoms with Crippen LogP contribution in [0.1, 0.15) is 11.6 Å². The van der Waals surface area contributed by atoms with E-state index in [0.717, 1.165) is 18.9 Å². The third-order valence-corrected chi connectivity index (χ3v) is 1.49. The van der Waals surface area contributed by atoms with Crippen molar-refractivity contribution in [2.75, 3.05) is 13.2 Å². The van der Waals surface area contributed by atoms with Gasteiger partial charge in [-0.3, -0.25) is 5.10 Å². The lowest BCUT2D eigenvalue weighted by Crippen LogP contribution is -2.25. The molecular weight excluding hydrogens is 116 g/mol. The highest BCUT2D eigenvalue weighted by Crippen LogP contribution is 2.20. The van der Waals surface area contributed by atoms with E-state index in [9.17, 15) is 0 Å². The predicted octanol–water partition coefficient (Wildman–Crippen LogP) is 0.324. The van der Waals surface area contributed by atoms with Gasteiger partial charge in [0.15, 0.2) is 0 Å². The zero-order chi connectivity index (χ0) is 6.10. The number of rotatable bonds is 1. The molecule has 1 aliphatic heterocycles. The van der Waals surface area contributed by atoms with Gasteiger partial charge in [0.25, 0.3) is 0 Å². The quantitative estimate of drug-likeness (QED) is 0.584. The number of ether oxygens (including phenoxy) is 1. The van der Waals surface area contributed by atoms with Gasteiger partial charge in [-0.25, -0.2) is 0 Å². The summed E-state index contributed by atoms with van der Waals surface area (Å²) in [5.74, 6) is 0.497. The highest BCUT2D eigenvalue weighted by molar-refractivity contribution is 5.06. The predicted molar refractivity (Wildman–Crippen MR) is 31.0 cm³/mol. The van der Waals surface area contributed by atoms with Crippen LogP contribution in [0.15, 0.2) is 6.20 Å². The second-order valence-corrected chi connectivity index (χ2v) is 2.15. The van der Waals surface area contributed by atoms with Crippen molar-refractivity contribution in [1.82, 2.24) is 10.2 Å². The maximum absolute atomic E-state index is 4.98. The molecule has 1 aromatic rings. The van der Waals surface area contributed by atoms with Crippen LogP contribution in [-0.2, 0) is 4.74 Å². The molecule has 0 unspecified atom stereocenters. The molecule has 1 saturated heterocycles. The summed E-state index contributed by atoms with van der Waals surface area (Å²) in [7, 11) is 0. The monoisotopic (exact) mass is 123 g/mol. The maximum Gasteiger partial charge on any atom is 0.0778 e. The van der Waals surface area contributed by atoms with Gasteiger partial charge in [0.05, 0.1) is 24.8 Å². The van der Waals surface area contributed by atoms with Crippen LogP contribution in [0.3, 0.4) is 0 Å². The molecule has 2 rings (SSSR count). The fraction of sp³-hybridized carbons (Fsp3) is 0.500. The Bertz CT molecular complexity index is 179. The highest BCUT2D eigenvalue weighted by atomic mass is 16.5. The van der Waals surface area contributed by atoms with Crippen molar-refractivity contribution < 1.29 is 4.74 Å². The van der Waals surface area contributed by atoms with Crippen LogP contribution in [-0.4, -0.2) is 23.4 Å². The largest absolute Gasteiger partial charge is 0.380 e. The van der Waals surface area contributed by atoms with Gasteiger partial charge in [0.1, 0.15) is 0 Å². The lowest BCUT2D eigenvalue weighted by atomic mass is 10.1. The molecule has 0 atom stereocenters. The summed E-state index contributed by atoms with van der Waals surface area (Å²) >= 11 is 0. The van der Waals surface area contributed by atoms with Crippen molar-refractivity contribution in [3.05, 3.63) is 18.0 Å². The number of hydrogen-bond acceptors (Lipinski definition) is 2. The minimum atomic E-state index is 0.497. The fourth-order valence-corrected chi connectivity index (χ4v) is 0.843. The van der Waals surface area contributed by atoms with Gasteiger partial charge in [-0.1, -0.05) is 0 Å². The molecule has 1 fully saturated rings. The molecule has 0 saturated carbocycles. The van der Waals surface area contributed by atoms with E-state index in [1.165, 1.54) is 0 Å². The lowest BCUT2D eigenvalue weighted by Gasteiger charge is -2.23. The molecule has 1 aromatic heterocycles. The molecule has 0 bridgehead atoms. The molecule has 3 nitrogen and oxygen atoms in total. The van der Waals surface area contributed by atoms with Crippen molar-refractivity contribution in [3.8, 4) is 0 Å². The Morgan fingerprint density at radius 3 is 3.11 bits per heavy atom. The summed E-state index contributed by atoms with van der Waals surface area (Å²) in [6.07, 6.45) is 1.72. The Labute approximate surface area is 53.0 Å². The molecule has 2 heterocycles. The minimum absolute atomic E-state index is 0.497. The molecule has 9 heavy (non-hydrogen) atoms. The molecule has 0 aromatic carbocycles. The van der Waals surface area contributed by atoms with E-state index in [1.807, 2.05) is 0 Å². The van der Waals surface area contributed by atoms with Crippen LogP contribution in [0.2, 0.25) is 0 Å². The van der Waals surface area contributed by atoms with Gasteiger partial charge in [-0.15, -0.1) is 0 Å². The number of nitrogens with zero attached hydrogens (tertiary/aromatic N) is 1. The molecule has 1 aliphatic rings. The third kappa shape index (κ3) is 0.733. The van der Waals surface area contributed by atoms with Gasteiger partial charge >= 0.3 is 0 Å². The molecular formula is C6H7N2O. The second-order valence-electron chi connectivity index (χ2n) is 2.15. The first kappa shape index (κ1) is 4.99. The zero-order valence-electron chi connectivity index (χ0n) is 4.92. The van der Waals surface area contributed by atoms with Crippen LogP contribution in [0, 0.1) is 6.07 Å². The summed E-state index contributed by atoms with van der Waals surface area (Å²) in [5.41, 5.74) is 1.00. The fourth-order valence-electron chi connectivity index (χ4n) is 0.843. The Morgan fingerprint density at radius 1 is 1.78 bits per heavy atom. The number of H-pyrrole nitrogens is 1. The average molecular weight is 123 g/mol. The molecule has 3 heteroatoms. The molecule has 0 spiro atoms. The Hall–Kier alpha value is -0.830. The van der Waals surface area contributed by atoms with E-state index in [-0.39, 0.29) is 0 Å². The molecule has 47 valence electrons. The maximum atomic E-state index is 4.98. The van der Waals surface area contributed by atoms with Gasteiger partial charge in [-0.2, -0.15) is 5.10 Å². The normalized spacial score (nSPS) is 19.6. The second kappa shape index (κ2) is 1.84. The molecule has 1 N–H and O–H groups in total. The Balaban J connectivity index is 2.14. The van der Waals surface area contributed by atoms with Crippen molar-refractivity contribution in [3.63, 3.8) is 0 Å². The van der Waals surface area contributed by atoms with E-state index < -0.39 is 0 Å². The number of aromatic amines is 1. The number of aromatic nitrogens is 2. The zero-order valence-corrected chi connectivity index (χ0v) is 4.92. The SMILES string of the molecule is [c]1c[nH]nc1C1COC1. The first-order valence-corrected chi connectivity index (χ1v) is 2.96. The minimum Gasteiger partial charge on any atom is -0.380 e. The topological polar surface area (TPSA) is 37.9 Å². The van der Waals surface area contributed by atoms with Crippen LogP contribution >= 0.6 is 0 Å².